The second kappa shape index (κ2) is 3.48. The number of rotatable bonds is 1. The molecule has 0 bridgehead atoms. The van der Waals surface area contributed by atoms with E-state index in [0.717, 1.165) is 9.87 Å². The van der Waals surface area contributed by atoms with Gasteiger partial charge >= 0.3 is 5.97 Å². The fraction of sp³-hybridized carbons (Fsp3) is 0.300. The van der Waals surface area contributed by atoms with Crippen molar-refractivity contribution in [2.75, 3.05) is 17.1 Å². The largest absolute Gasteiger partial charge is 0.478 e. The third-order valence-corrected chi connectivity index (χ3v) is 4.47. The lowest BCUT2D eigenvalue weighted by Gasteiger charge is -2.27. The summed E-state index contributed by atoms with van der Waals surface area (Å²) >= 11 is 0. The number of carboxylic acid groups (broad SMARTS) is 1. The van der Waals surface area contributed by atoms with Crippen LogP contribution in [0.2, 0.25) is 0 Å². The summed E-state index contributed by atoms with van der Waals surface area (Å²) in [6.07, 6.45) is 0.432. The summed E-state index contributed by atoms with van der Waals surface area (Å²) in [5.74, 6) is -0.984. The van der Waals surface area contributed by atoms with E-state index in [9.17, 15) is 13.2 Å². The molecule has 0 atom stereocenters. The smallest absolute Gasteiger partial charge is 0.335 e. The standard InChI is InChI=1S/C10H11NO4S/c1-11-9-6-8(10(12)13)3-2-7(9)4-5-16(11,14)15/h2-3,6H,4-5H2,1H3,(H,12,13). The summed E-state index contributed by atoms with van der Waals surface area (Å²) in [5, 5.41) is 8.83. The predicted octanol–water partition coefficient (Wildman–Crippen LogP) is 0.707. The normalized spacial score (nSPS) is 17.9. The van der Waals surface area contributed by atoms with Gasteiger partial charge in [0.25, 0.3) is 0 Å². The third-order valence-electron chi connectivity index (χ3n) is 2.72. The summed E-state index contributed by atoms with van der Waals surface area (Å²) in [4.78, 5) is 10.8. The predicted molar refractivity (Wildman–Crippen MR) is 59.3 cm³/mol. The number of benzene rings is 1. The van der Waals surface area contributed by atoms with Gasteiger partial charge in [-0.3, -0.25) is 4.31 Å². The molecule has 1 aromatic carbocycles. The first kappa shape index (κ1) is 10.9. The molecule has 0 aliphatic carbocycles. The molecule has 6 heteroatoms. The van der Waals surface area contributed by atoms with Crippen LogP contribution in [0.25, 0.3) is 0 Å². The number of sulfonamides is 1. The van der Waals surface area contributed by atoms with Crippen LogP contribution in [0.4, 0.5) is 5.69 Å². The maximum Gasteiger partial charge on any atom is 0.335 e. The van der Waals surface area contributed by atoms with Crippen LogP contribution < -0.4 is 4.31 Å². The zero-order valence-corrected chi connectivity index (χ0v) is 9.49. The van der Waals surface area contributed by atoms with Gasteiger partial charge in [0.15, 0.2) is 0 Å². The van der Waals surface area contributed by atoms with Crippen LogP contribution in [0.3, 0.4) is 0 Å². The molecule has 0 aromatic heterocycles. The fourth-order valence-electron chi connectivity index (χ4n) is 1.73. The van der Waals surface area contributed by atoms with E-state index >= 15 is 0 Å². The van der Waals surface area contributed by atoms with E-state index < -0.39 is 16.0 Å². The Labute approximate surface area is 93.4 Å². The molecule has 1 N–H and O–H groups in total. The first-order valence-corrected chi connectivity index (χ1v) is 6.35. The van der Waals surface area contributed by atoms with Gasteiger partial charge < -0.3 is 5.11 Å². The lowest BCUT2D eigenvalue weighted by molar-refractivity contribution is 0.0697. The Bertz CT molecular complexity index is 550. The molecule has 86 valence electrons. The Balaban J connectivity index is 2.57. The summed E-state index contributed by atoms with van der Waals surface area (Å²) in [5.41, 5.74) is 1.43. The first-order valence-electron chi connectivity index (χ1n) is 4.74. The molecular formula is C10H11NO4S. The average Bonchev–Trinajstić information content (AvgIpc) is 2.23. The van der Waals surface area contributed by atoms with Crippen molar-refractivity contribution in [1.29, 1.82) is 0 Å². The minimum absolute atomic E-state index is 0.0723. The van der Waals surface area contributed by atoms with E-state index in [-0.39, 0.29) is 11.3 Å². The minimum Gasteiger partial charge on any atom is -0.478 e. The van der Waals surface area contributed by atoms with E-state index in [1.54, 1.807) is 6.07 Å². The van der Waals surface area contributed by atoms with Crippen LogP contribution in [0, 0.1) is 0 Å². The van der Waals surface area contributed by atoms with Gasteiger partial charge in [0, 0.05) is 7.05 Å². The van der Waals surface area contributed by atoms with Crippen molar-refractivity contribution >= 4 is 21.7 Å². The highest BCUT2D eigenvalue weighted by Gasteiger charge is 2.26. The molecule has 0 unspecified atom stereocenters. The molecule has 16 heavy (non-hydrogen) atoms. The van der Waals surface area contributed by atoms with Crippen LogP contribution in [-0.2, 0) is 16.4 Å². The number of aryl methyl sites for hydroxylation is 1. The molecule has 0 saturated heterocycles. The number of anilines is 1. The summed E-state index contributed by atoms with van der Waals surface area (Å²) in [7, 11) is -1.83. The highest BCUT2D eigenvalue weighted by Crippen LogP contribution is 2.28. The second-order valence-corrected chi connectivity index (χ2v) is 5.80. The molecule has 1 aromatic rings. The van der Waals surface area contributed by atoms with Crippen molar-refractivity contribution in [3.05, 3.63) is 29.3 Å². The van der Waals surface area contributed by atoms with Crippen LogP contribution in [0.5, 0.6) is 0 Å². The van der Waals surface area contributed by atoms with Gasteiger partial charge in [-0.15, -0.1) is 0 Å². The van der Waals surface area contributed by atoms with Crippen LogP contribution in [-0.4, -0.2) is 32.3 Å². The molecule has 0 fully saturated rings. The van der Waals surface area contributed by atoms with Crippen LogP contribution in [0.1, 0.15) is 15.9 Å². The topological polar surface area (TPSA) is 74.7 Å². The molecule has 0 spiro atoms. The Kier molecular flexibility index (Phi) is 2.38. The summed E-state index contributed by atoms with van der Waals surface area (Å²) < 4.78 is 24.4. The van der Waals surface area contributed by atoms with E-state index in [1.165, 1.54) is 19.2 Å². The van der Waals surface area contributed by atoms with Crippen LogP contribution in [0.15, 0.2) is 18.2 Å². The number of hydrogen-bond donors (Lipinski definition) is 1. The van der Waals surface area contributed by atoms with E-state index in [4.69, 9.17) is 5.11 Å². The minimum atomic E-state index is -3.28. The maximum absolute atomic E-state index is 11.6. The number of carbonyl (C=O) groups is 1. The van der Waals surface area contributed by atoms with Crippen molar-refractivity contribution < 1.29 is 18.3 Å². The molecule has 0 saturated carbocycles. The van der Waals surface area contributed by atoms with Gasteiger partial charge in [0.1, 0.15) is 0 Å². The van der Waals surface area contributed by atoms with Gasteiger partial charge in [-0.05, 0) is 24.1 Å². The lowest BCUT2D eigenvalue weighted by Crippen LogP contribution is -2.34. The van der Waals surface area contributed by atoms with Crippen molar-refractivity contribution in [3.63, 3.8) is 0 Å². The average molecular weight is 241 g/mol. The van der Waals surface area contributed by atoms with E-state index in [0.29, 0.717) is 12.1 Å². The van der Waals surface area contributed by atoms with Gasteiger partial charge in [0.05, 0.1) is 17.0 Å². The first-order chi connectivity index (χ1) is 7.42. The Morgan fingerprint density at radius 3 is 2.75 bits per heavy atom. The monoisotopic (exact) mass is 241 g/mol. The van der Waals surface area contributed by atoms with Gasteiger partial charge in [-0.2, -0.15) is 0 Å². The Morgan fingerprint density at radius 1 is 1.44 bits per heavy atom. The zero-order chi connectivity index (χ0) is 11.9. The molecule has 1 heterocycles. The highest BCUT2D eigenvalue weighted by molar-refractivity contribution is 7.92. The summed E-state index contributed by atoms with van der Waals surface area (Å²) in [6, 6.07) is 4.56. The number of hydrogen-bond acceptors (Lipinski definition) is 3. The molecular weight excluding hydrogens is 230 g/mol. The molecule has 1 aliphatic rings. The van der Waals surface area contributed by atoms with Gasteiger partial charge in [-0.1, -0.05) is 6.07 Å². The number of carboxylic acids is 1. The zero-order valence-electron chi connectivity index (χ0n) is 8.67. The van der Waals surface area contributed by atoms with Crippen molar-refractivity contribution in [3.8, 4) is 0 Å². The van der Waals surface area contributed by atoms with Crippen molar-refractivity contribution in [2.45, 2.75) is 6.42 Å². The molecule has 0 radical (unpaired) electrons. The quantitative estimate of drug-likeness (QED) is 0.785. The lowest BCUT2D eigenvalue weighted by atomic mass is 10.1. The van der Waals surface area contributed by atoms with E-state index in [2.05, 4.69) is 0 Å². The van der Waals surface area contributed by atoms with Crippen molar-refractivity contribution in [2.24, 2.45) is 0 Å². The van der Waals surface area contributed by atoms with Gasteiger partial charge in [0.2, 0.25) is 10.0 Å². The maximum atomic E-state index is 11.6. The number of aromatic carboxylic acids is 1. The molecule has 0 amide bonds. The summed E-state index contributed by atoms with van der Waals surface area (Å²) in [6.45, 7) is 0. The van der Waals surface area contributed by atoms with E-state index in [1.807, 2.05) is 0 Å². The number of fused-ring (bicyclic) bond motifs is 1. The molecule has 2 rings (SSSR count). The Morgan fingerprint density at radius 2 is 2.12 bits per heavy atom. The van der Waals surface area contributed by atoms with Gasteiger partial charge in [-0.25, -0.2) is 13.2 Å². The number of nitrogens with zero attached hydrogens (tertiary/aromatic N) is 1. The highest BCUT2D eigenvalue weighted by atomic mass is 32.2. The molecule has 5 nitrogen and oxygen atoms in total. The Hall–Kier alpha value is -1.56. The van der Waals surface area contributed by atoms with Crippen LogP contribution >= 0.6 is 0 Å². The second-order valence-electron chi connectivity index (χ2n) is 3.68. The van der Waals surface area contributed by atoms with Crippen molar-refractivity contribution in [1.82, 2.24) is 0 Å². The molecule has 1 aliphatic heterocycles. The SMILES string of the molecule is CN1c2cc(C(=O)O)ccc2CCS1(=O)=O. The third kappa shape index (κ3) is 1.65. The fourth-order valence-corrected chi connectivity index (χ4v) is 2.95.